The fourth-order valence-corrected chi connectivity index (χ4v) is 4.15. The quantitative estimate of drug-likeness (QED) is 0.469. The Morgan fingerprint density at radius 3 is 2.50 bits per heavy atom. The maximum atomic E-state index is 12.8. The molecule has 0 radical (unpaired) electrons. The molecule has 0 spiro atoms. The summed E-state index contributed by atoms with van der Waals surface area (Å²) in [7, 11) is 0. The number of piperidine rings is 1. The highest BCUT2D eigenvalue weighted by atomic mass is 35.5. The Labute approximate surface area is 191 Å². The van der Waals surface area contributed by atoms with Crippen molar-refractivity contribution in [3.63, 3.8) is 0 Å². The Bertz CT molecular complexity index is 1240. The van der Waals surface area contributed by atoms with Gasteiger partial charge in [0.25, 0.3) is 0 Å². The van der Waals surface area contributed by atoms with E-state index in [2.05, 4.69) is 25.4 Å². The SMILES string of the molecule is O=C(Nc1cnc2ccccc2c1)C1CCN(c2ccc(-c3ccc(Cl)cc3)nn2)CC1. The molecule has 6 nitrogen and oxygen atoms in total. The van der Waals surface area contributed by atoms with E-state index in [0.717, 1.165) is 59.6 Å². The standard InChI is InChI=1S/C25H22ClN5O/c26-20-7-5-17(6-8-20)23-9-10-24(30-29-23)31-13-11-18(12-14-31)25(32)28-21-15-19-3-1-2-4-22(19)27-16-21/h1-10,15-16,18H,11-14H2,(H,28,32). The fraction of sp³-hybridized carbons (Fsp3) is 0.200. The summed E-state index contributed by atoms with van der Waals surface area (Å²) in [4.78, 5) is 19.4. The number of halogens is 1. The topological polar surface area (TPSA) is 71.0 Å². The van der Waals surface area contributed by atoms with Crippen LogP contribution in [-0.4, -0.2) is 34.2 Å². The number of aromatic nitrogens is 3. The molecule has 0 unspecified atom stereocenters. The van der Waals surface area contributed by atoms with Crippen LogP contribution in [0.4, 0.5) is 11.5 Å². The average molecular weight is 444 g/mol. The number of carbonyl (C=O) groups excluding carboxylic acids is 1. The van der Waals surface area contributed by atoms with Crippen LogP contribution in [0.5, 0.6) is 0 Å². The number of rotatable bonds is 4. The van der Waals surface area contributed by atoms with E-state index in [-0.39, 0.29) is 11.8 Å². The van der Waals surface area contributed by atoms with Crippen molar-refractivity contribution in [3.8, 4) is 11.3 Å². The van der Waals surface area contributed by atoms with Crippen LogP contribution >= 0.6 is 11.6 Å². The second-order valence-corrected chi connectivity index (χ2v) is 8.39. The van der Waals surface area contributed by atoms with Gasteiger partial charge in [-0.1, -0.05) is 41.9 Å². The van der Waals surface area contributed by atoms with Gasteiger partial charge in [-0.3, -0.25) is 9.78 Å². The van der Waals surface area contributed by atoms with E-state index in [1.165, 1.54) is 0 Å². The zero-order valence-corrected chi connectivity index (χ0v) is 18.2. The van der Waals surface area contributed by atoms with Gasteiger partial charge in [0.2, 0.25) is 5.91 Å². The number of benzene rings is 2. The molecule has 0 aliphatic carbocycles. The summed E-state index contributed by atoms with van der Waals surface area (Å²) >= 11 is 5.95. The Hall–Kier alpha value is -3.51. The van der Waals surface area contributed by atoms with E-state index in [9.17, 15) is 4.79 Å². The van der Waals surface area contributed by atoms with Crippen LogP contribution in [0.3, 0.4) is 0 Å². The molecule has 32 heavy (non-hydrogen) atoms. The maximum Gasteiger partial charge on any atom is 0.227 e. The number of para-hydroxylation sites is 1. The summed E-state index contributed by atoms with van der Waals surface area (Å²) in [5.41, 5.74) is 3.44. The molecular weight excluding hydrogens is 422 g/mol. The summed E-state index contributed by atoms with van der Waals surface area (Å²) in [6, 6.07) is 21.3. The number of anilines is 2. The maximum absolute atomic E-state index is 12.8. The van der Waals surface area contributed by atoms with Crippen molar-refractivity contribution in [1.82, 2.24) is 15.2 Å². The highest BCUT2D eigenvalue weighted by Gasteiger charge is 2.26. The van der Waals surface area contributed by atoms with Crippen LogP contribution in [0.1, 0.15) is 12.8 Å². The molecule has 1 aliphatic heterocycles. The van der Waals surface area contributed by atoms with Crippen LogP contribution < -0.4 is 10.2 Å². The summed E-state index contributed by atoms with van der Waals surface area (Å²) in [6.45, 7) is 1.53. The van der Waals surface area contributed by atoms with E-state index in [1.807, 2.05) is 66.7 Å². The molecule has 2 aromatic heterocycles. The lowest BCUT2D eigenvalue weighted by atomic mass is 9.96. The van der Waals surface area contributed by atoms with Gasteiger partial charge in [-0.15, -0.1) is 10.2 Å². The van der Waals surface area contributed by atoms with Crippen molar-refractivity contribution < 1.29 is 4.79 Å². The van der Waals surface area contributed by atoms with Crippen molar-refractivity contribution in [2.24, 2.45) is 5.92 Å². The highest BCUT2D eigenvalue weighted by molar-refractivity contribution is 6.30. The first-order valence-corrected chi connectivity index (χ1v) is 11.0. The second kappa shape index (κ2) is 8.93. The summed E-state index contributed by atoms with van der Waals surface area (Å²) in [6.07, 6.45) is 3.26. The number of hydrogen-bond donors (Lipinski definition) is 1. The minimum absolute atomic E-state index is 0.0287. The molecule has 3 heterocycles. The molecule has 0 saturated carbocycles. The van der Waals surface area contributed by atoms with Gasteiger partial charge in [0.15, 0.2) is 5.82 Å². The van der Waals surface area contributed by atoms with Gasteiger partial charge in [-0.05, 0) is 49.2 Å². The molecule has 0 bridgehead atoms. The van der Waals surface area contributed by atoms with Crippen LogP contribution in [0.2, 0.25) is 5.02 Å². The van der Waals surface area contributed by atoms with Gasteiger partial charge in [-0.25, -0.2) is 0 Å². The van der Waals surface area contributed by atoms with Crippen LogP contribution in [-0.2, 0) is 4.79 Å². The van der Waals surface area contributed by atoms with Crippen molar-refractivity contribution in [1.29, 1.82) is 0 Å². The van der Waals surface area contributed by atoms with Crippen molar-refractivity contribution >= 4 is 39.9 Å². The number of nitrogens with zero attached hydrogens (tertiary/aromatic N) is 4. The first-order chi connectivity index (χ1) is 15.7. The molecule has 1 saturated heterocycles. The molecule has 7 heteroatoms. The Morgan fingerprint density at radius 2 is 1.75 bits per heavy atom. The fourth-order valence-electron chi connectivity index (χ4n) is 4.02. The third kappa shape index (κ3) is 4.41. The molecule has 0 atom stereocenters. The van der Waals surface area contributed by atoms with E-state index < -0.39 is 0 Å². The predicted molar refractivity (Wildman–Crippen MR) is 128 cm³/mol. The lowest BCUT2D eigenvalue weighted by molar-refractivity contribution is -0.120. The summed E-state index contributed by atoms with van der Waals surface area (Å²) < 4.78 is 0. The third-order valence-electron chi connectivity index (χ3n) is 5.84. The third-order valence-corrected chi connectivity index (χ3v) is 6.09. The van der Waals surface area contributed by atoms with E-state index in [4.69, 9.17) is 11.6 Å². The molecule has 2 aromatic carbocycles. The molecule has 1 amide bonds. The van der Waals surface area contributed by atoms with Crippen LogP contribution in [0.15, 0.2) is 72.9 Å². The van der Waals surface area contributed by atoms with Gasteiger partial charge in [0.05, 0.1) is 23.1 Å². The predicted octanol–water partition coefficient (Wildman–Crippen LogP) is 5.20. The second-order valence-electron chi connectivity index (χ2n) is 7.95. The number of pyridine rings is 1. The lowest BCUT2D eigenvalue weighted by Gasteiger charge is -2.31. The number of fused-ring (bicyclic) bond motifs is 1. The summed E-state index contributed by atoms with van der Waals surface area (Å²) in [5.74, 6) is 0.852. The average Bonchev–Trinajstić information content (AvgIpc) is 2.85. The van der Waals surface area contributed by atoms with Crippen molar-refractivity contribution in [3.05, 3.63) is 77.9 Å². The largest absolute Gasteiger partial charge is 0.355 e. The van der Waals surface area contributed by atoms with Gasteiger partial charge in [0.1, 0.15) is 0 Å². The summed E-state index contributed by atoms with van der Waals surface area (Å²) in [5, 5.41) is 13.5. The number of amides is 1. The first kappa shape index (κ1) is 20.4. The first-order valence-electron chi connectivity index (χ1n) is 10.7. The minimum Gasteiger partial charge on any atom is -0.355 e. The molecule has 1 aliphatic rings. The van der Waals surface area contributed by atoms with Gasteiger partial charge >= 0.3 is 0 Å². The number of hydrogen-bond acceptors (Lipinski definition) is 5. The molecule has 160 valence electrons. The smallest absolute Gasteiger partial charge is 0.227 e. The van der Waals surface area contributed by atoms with E-state index in [0.29, 0.717) is 5.02 Å². The zero-order valence-electron chi connectivity index (χ0n) is 17.4. The normalized spacial score (nSPS) is 14.5. The van der Waals surface area contributed by atoms with Gasteiger partial charge < -0.3 is 10.2 Å². The van der Waals surface area contributed by atoms with Crippen molar-refractivity contribution in [2.75, 3.05) is 23.3 Å². The van der Waals surface area contributed by atoms with Gasteiger partial charge in [-0.2, -0.15) is 0 Å². The Balaban J connectivity index is 1.19. The number of nitrogens with one attached hydrogen (secondary N) is 1. The van der Waals surface area contributed by atoms with E-state index in [1.54, 1.807) is 6.20 Å². The molecule has 1 fully saturated rings. The van der Waals surface area contributed by atoms with Crippen LogP contribution in [0.25, 0.3) is 22.2 Å². The highest BCUT2D eigenvalue weighted by Crippen LogP contribution is 2.25. The lowest BCUT2D eigenvalue weighted by Crippen LogP contribution is -2.38. The Morgan fingerprint density at radius 1 is 0.969 bits per heavy atom. The molecule has 1 N–H and O–H groups in total. The van der Waals surface area contributed by atoms with Crippen molar-refractivity contribution in [2.45, 2.75) is 12.8 Å². The monoisotopic (exact) mass is 443 g/mol. The molecule has 5 rings (SSSR count). The molecule has 4 aromatic rings. The zero-order chi connectivity index (χ0) is 21.9. The number of carbonyl (C=O) groups is 1. The van der Waals surface area contributed by atoms with E-state index >= 15 is 0 Å². The minimum atomic E-state index is -0.0287. The Kier molecular flexibility index (Phi) is 5.69. The molecular formula is C25H22ClN5O. The van der Waals surface area contributed by atoms with Gasteiger partial charge in [0, 0.05) is 35.0 Å². The van der Waals surface area contributed by atoms with Crippen LogP contribution in [0, 0.1) is 5.92 Å².